The van der Waals surface area contributed by atoms with Crippen LogP contribution in [0.1, 0.15) is 19.4 Å². The molecule has 0 saturated carbocycles. The number of aromatic nitrogens is 6. The second-order valence-corrected chi connectivity index (χ2v) is 5.31. The van der Waals surface area contributed by atoms with Crippen LogP contribution in [0, 0.1) is 0 Å². The van der Waals surface area contributed by atoms with Crippen LogP contribution in [-0.4, -0.2) is 41.5 Å². The predicted molar refractivity (Wildman–Crippen MR) is 61.4 cm³/mol. The summed E-state index contributed by atoms with van der Waals surface area (Å²) >= 11 is 4.42. The van der Waals surface area contributed by atoms with Gasteiger partial charge in [-0.25, -0.2) is 4.79 Å². The highest BCUT2D eigenvalue weighted by molar-refractivity contribution is 9.11. The summed E-state index contributed by atoms with van der Waals surface area (Å²) in [7, 11) is 0. The maximum Gasteiger partial charge on any atom is 0.330 e. The lowest BCUT2D eigenvalue weighted by atomic mass is 10.2. The molecule has 1 atom stereocenters. The molecule has 8 nitrogen and oxygen atoms in total. The molecular weight excluding hydrogens is 312 g/mol. The highest BCUT2D eigenvalue weighted by atomic mass is 79.9. The third-order valence-electron chi connectivity index (χ3n) is 1.97. The maximum absolute atomic E-state index is 10.9. The number of aliphatic carboxylic acids is 1. The van der Waals surface area contributed by atoms with Gasteiger partial charge in [-0.15, -0.1) is 25.2 Å². The van der Waals surface area contributed by atoms with Gasteiger partial charge in [-0.2, -0.15) is 0 Å². The summed E-state index contributed by atoms with van der Waals surface area (Å²) in [5, 5.41) is 28.5. The SMILES string of the molecule is CCC(C(=O)O)n1nnc(-c2nnc(Br)s2)n1. The van der Waals surface area contributed by atoms with Crippen molar-refractivity contribution in [3.05, 3.63) is 3.92 Å². The second kappa shape index (κ2) is 4.84. The molecule has 0 aliphatic carbocycles. The van der Waals surface area contributed by atoms with E-state index < -0.39 is 12.0 Å². The molecule has 0 aliphatic rings. The second-order valence-electron chi connectivity index (χ2n) is 3.06. The van der Waals surface area contributed by atoms with Gasteiger partial charge in [-0.05, 0) is 27.6 Å². The van der Waals surface area contributed by atoms with Crippen molar-refractivity contribution in [2.45, 2.75) is 19.4 Å². The van der Waals surface area contributed by atoms with E-state index in [4.69, 9.17) is 5.11 Å². The molecule has 10 heteroatoms. The number of hydrogen-bond donors (Lipinski definition) is 1. The van der Waals surface area contributed by atoms with Crippen LogP contribution in [-0.2, 0) is 4.79 Å². The molecule has 0 aliphatic heterocycles. The molecule has 2 aromatic heterocycles. The van der Waals surface area contributed by atoms with E-state index in [2.05, 4.69) is 41.5 Å². The minimum atomic E-state index is -0.991. The van der Waals surface area contributed by atoms with Gasteiger partial charge < -0.3 is 5.11 Å². The Balaban J connectivity index is 2.29. The molecule has 17 heavy (non-hydrogen) atoms. The first-order valence-corrected chi connectivity index (χ1v) is 6.24. The molecule has 2 heterocycles. The van der Waals surface area contributed by atoms with Crippen molar-refractivity contribution in [1.29, 1.82) is 0 Å². The summed E-state index contributed by atoms with van der Waals surface area (Å²) < 4.78 is 0.606. The molecule has 0 bridgehead atoms. The van der Waals surface area contributed by atoms with Crippen molar-refractivity contribution in [1.82, 2.24) is 30.4 Å². The zero-order valence-electron chi connectivity index (χ0n) is 8.61. The fraction of sp³-hybridized carbons (Fsp3) is 0.429. The van der Waals surface area contributed by atoms with Crippen molar-refractivity contribution in [2.75, 3.05) is 0 Å². The average molecular weight is 319 g/mol. The molecule has 0 spiro atoms. The zero-order valence-corrected chi connectivity index (χ0v) is 11.0. The van der Waals surface area contributed by atoms with Crippen LogP contribution in [0.2, 0.25) is 0 Å². The van der Waals surface area contributed by atoms with E-state index >= 15 is 0 Å². The Bertz CT molecular complexity index is 540. The van der Waals surface area contributed by atoms with Gasteiger partial charge in [0.05, 0.1) is 0 Å². The topological polar surface area (TPSA) is 107 Å². The third-order valence-corrected chi connectivity index (χ3v) is 3.32. The van der Waals surface area contributed by atoms with E-state index in [1.165, 1.54) is 11.3 Å². The van der Waals surface area contributed by atoms with E-state index in [0.717, 1.165) is 4.80 Å². The van der Waals surface area contributed by atoms with Gasteiger partial charge in [-0.1, -0.05) is 18.3 Å². The molecule has 0 fully saturated rings. The number of tetrazole rings is 1. The normalized spacial score (nSPS) is 12.6. The Morgan fingerprint density at radius 3 is 2.82 bits per heavy atom. The molecule has 0 amide bonds. The molecule has 2 aromatic rings. The van der Waals surface area contributed by atoms with Crippen molar-refractivity contribution in [2.24, 2.45) is 0 Å². The van der Waals surface area contributed by atoms with Crippen LogP contribution in [0.4, 0.5) is 0 Å². The van der Waals surface area contributed by atoms with Gasteiger partial charge in [0, 0.05) is 0 Å². The number of nitrogens with zero attached hydrogens (tertiary/aromatic N) is 6. The largest absolute Gasteiger partial charge is 0.480 e. The van der Waals surface area contributed by atoms with Crippen LogP contribution in [0.5, 0.6) is 0 Å². The lowest BCUT2D eigenvalue weighted by Gasteiger charge is -2.05. The minimum absolute atomic E-state index is 0.271. The van der Waals surface area contributed by atoms with Crippen LogP contribution in [0.25, 0.3) is 10.8 Å². The number of halogens is 1. The van der Waals surface area contributed by atoms with Gasteiger partial charge in [0.15, 0.2) is 15.0 Å². The van der Waals surface area contributed by atoms with Crippen molar-refractivity contribution in [3.8, 4) is 10.8 Å². The van der Waals surface area contributed by atoms with Crippen molar-refractivity contribution in [3.63, 3.8) is 0 Å². The first-order chi connectivity index (χ1) is 8.11. The summed E-state index contributed by atoms with van der Waals surface area (Å²) in [6, 6.07) is -0.812. The molecule has 2 rings (SSSR count). The van der Waals surface area contributed by atoms with Crippen LogP contribution >= 0.6 is 27.3 Å². The smallest absolute Gasteiger partial charge is 0.330 e. The molecule has 1 N–H and O–H groups in total. The van der Waals surface area contributed by atoms with Crippen LogP contribution < -0.4 is 0 Å². The number of carbonyl (C=O) groups is 1. The number of hydrogen-bond acceptors (Lipinski definition) is 7. The summed E-state index contributed by atoms with van der Waals surface area (Å²) in [5.74, 6) is -0.720. The highest BCUT2D eigenvalue weighted by Crippen LogP contribution is 2.23. The number of carboxylic acid groups (broad SMARTS) is 1. The first kappa shape index (κ1) is 12.0. The fourth-order valence-electron chi connectivity index (χ4n) is 1.18. The molecule has 1 unspecified atom stereocenters. The van der Waals surface area contributed by atoms with E-state index in [-0.39, 0.29) is 5.82 Å². The van der Waals surface area contributed by atoms with Gasteiger partial charge in [-0.3, -0.25) is 0 Å². The van der Waals surface area contributed by atoms with E-state index in [1.54, 1.807) is 6.92 Å². The van der Waals surface area contributed by atoms with Crippen LogP contribution in [0.3, 0.4) is 0 Å². The molecular formula is C7H7BrN6O2S. The van der Waals surface area contributed by atoms with Gasteiger partial charge in [0.1, 0.15) is 0 Å². The van der Waals surface area contributed by atoms with E-state index in [9.17, 15) is 4.79 Å². The highest BCUT2D eigenvalue weighted by Gasteiger charge is 2.21. The molecule has 0 aromatic carbocycles. The first-order valence-electron chi connectivity index (χ1n) is 4.63. The molecule has 90 valence electrons. The van der Waals surface area contributed by atoms with Gasteiger partial charge in [0.2, 0.25) is 5.82 Å². The van der Waals surface area contributed by atoms with Crippen molar-refractivity contribution < 1.29 is 9.90 Å². The van der Waals surface area contributed by atoms with Crippen molar-refractivity contribution >= 4 is 33.2 Å². The third kappa shape index (κ3) is 2.47. The lowest BCUT2D eigenvalue weighted by Crippen LogP contribution is -2.20. The van der Waals surface area contributed by atoms with Crippen LogP contribution in [0.15, 0.2) is 3.92 Å². The van der Waals surface area contributed by atoms with Gasteiger partial charge >= 0.3 is 5.97 Å². The maximum atomic E-state index is 10.9. The molecule has 0 radical (unpaired) electrons. The zero-order chi connectivity index (χ0) is 12.4. The average Bonchev–Trinajstić information content (AvgIpc) is 2.87. The predicted octanol–water partition coefficient (Wildman–Crippen LogP) is 0.990. The fourth-order valence-corrected chi connectivity index (χ4v) is 2.21. The Labute approximate surface area is 108 Å². The Morgan fingerprint density at radius 2 is 2.29 bits per heavy atom. The Kier molecular flexibility index (Phi) is 3.43. The summed E-state index contributed by atoms with van der Waals surface area (Å²) in [4.78, 5) is 12.0. The summed E-state index contributed by atoms with van der Waals surface area (Å²) in [6.07, 6.45) is 0.380. The summed E-state index contributed by atoms with van der Waals surface area (Å²) in [6.45, 7) is 1.74. The number of rotatable bonds is 4. The monoisotopic (exact) mass is 318 g/mol. The van der Waals surface area contributed by atoms with E-state index in [1.807, 2.05) is 0 Å². The standard InChI is InChI=1S/C7H7BrN6O2S/c1-2-3(6(15)16)14-12-4(9-13-14)5-10-11-7(8)17-5/h3H,2H2,1H3,(H,15,16). The number of carboxylic acids is 1. The Hall–Kier alpha value is -1.42. The summed E-state index contributed by atoms with van der Waals surface area (Å²) in [5.41, 5.74) is 0. The quantitative estimate of drug-likeness (QED) is 0.895. The van der Waals surface area contributed by atoms with Gasteiger partial charge in [0.25, 0.3) is 0 Å². The van der Waals surface area contributed by atoms with E-state index in [0.29, 0.717) is 15.3 Å². The minimum Gasteiger partial charge on any atom is -0.480 e. The molecule has 0 saturated heterocycles. The lowest BCUT2D eigenvalue weighted by molar-refractivity contribution is -0.141. The Morgan fingerprint density at radius 1 is 1.53 bits per heavy atom.